The highest BCUT2D eigenvalue weighted by atomic mass is 16.2. The molecule has 0 spiro atoms. The van der Waals surface area contributed by atoms with E-state index in [9.17, 15) is 9.59 Å². The zero-order valence-corrected chi connectivity index (χ0v) is 18.8. The second-order valence-electron chi connectivity index (χ2n) is 8.96. The Bertz CT molecular complexity index is 881. The molecule has 29 heavy (non-hydrogen) atoms. The lowest BCUT2D eigenvalue weighted by molar-refractivity contribution is -0.140. The summed E-state index contributed by atoms with van der Waals surface area (Å²) in [7, 11) is 0. The summed E-state index contributed by atoms with van der Waals surface area (Å²) in [5.74, 6) is -0.187. The summed E-state index contributed by atoms with van der Waals surface area (Å²) in [4.78, 5) is 27.8. The van der Waals surface area contributed by atoms with Crippen LogP contribution in [0.5, 0.6) is 0 Å². The van der Waals surface area contributed by atoms with Gasteiger partial charge in [-0.3, -0.25) is 9.59 Å². The monoisotopic (exact) mass is 394 g/mol. The van der Waals surface area contributed by atoms with E-state index >= 15 is 0 Å². The van der Waals surface area contributed by atoms with Gasteiger partial charge in [-0.05, 0) is 76.3 Å². The fourth-order valence-corrected chi connectivity index (χ4v) is 3.22. The Labute approximate surface area is 175 Å². The molecule has 0 heterocycles. The molecule has 2 amide bonds. The molecule has 0 bridgehead atoms. The highest BCUT2D eigenvalue weighted by Crippen LogP contribution is 2.17. The van der Waals surface area contributed by atoms with E-state index in [1.807, 2.05) is 71.0 Å². The van der Waals surface area contributed by atoms with Gasteiger partial charge in [-0.25, -0.2) is 0 Å². The summed E-state index contributed by atoms with van der Waals surface area (Å²) < 4.78 is 0. The molecule has 0 aliphatic rings. The van der Waals surface area contributed by atoms with Crippen molar-refractivity contribution in [2.75, 3.05) is 0 Å². The van der Waals surface area contributed by atoms with Crippen molar-refractivity contribution in [1.82, 2.24) is 10.2 Å². The first-order valence-corrected chi connectivity index (χ1v) is 10.2. The molecule has 0 radical (unpaired) electrons. The molecule has 0 aliphatic carbocycles. The lowest BCUT2D eigenvalue weighted by Gasteiger charge is -2.32. The van der Waals surface area contributed by atoms with Crippen LogP contribution in [0.4, 0.5) is 0 Å². The van der Waals surface area contributed by atoms with E-state index in [-0.39, 0.29) is 23.8 Å². The van der Waals surface area contributed by atoms with Crippen molar-refractivity contribution in [3.8, 4) is 0 Å². The number of rotatable bonds is 6. The average Bonchev–Trinajstić information content (AvgIpc) is 2.62. The third kappa shape index (κ3) is 6.45. The van der Waals surface area contributed by atoms with E-state index in [0.29, 0.717) is 6.54 Å². The van der Waals surface area contributed by atoms with Crippen LogP contribution in [0.15, 0.2) is 42.5 Å². The van der Waals surface area contributed by atoms with E-state index in [2.05, 4.69) is 18.3 Å². The molecular weight excluding hydrogens is 360 g/mol. The zero-order chi connectivity index (χ0) is 21.8. The summed E-state index contributed by atoms with van der Waals surface area (Å²) in [5, 5.41) is 3.00. The fraction of sp³-hybridized carbons (Fsp3) is 0.440. The molecule has 2 aromatic rings. The number of nitrogens with zero attached hydrogens (tertiary/aromatic N) is 1. The topological polar surface area (TPSA) is 49.4 Å². The molecule has 2 rings (SSSR count). The third-order valence-corrected chi connectivity index (χ3v) is 5.19. The van der Waals surface area contributed by atoms with Crippen LogP contribution < -0.4 is 5.32 Å². The summed E-state index contributed by atoms with van der Waals surface area (Å²) in [6, 6.07) is 13.5. The number of amides is 2. The van der Waals surface area contributed by atoms with E-state index in [1.54, 1.807) is 11.8 Å². The van der Waals surface area contributed by atoms with Gasteiger partial charge < -0.3 is 10.2 Å². The van der Waals surface area contributed by atoms with Gasteiger partial charge in [0.2, 0.25) is 11.8 Å². The van der Waals surface area contributed by atoms with Crippen molar-refractivity contribution in [2.45, 2.75) is 73.0 Å². The lowest BCUT2D eigenvalue weighted by atomic mass is 10.0. The maximum absolute atomic E-state index is 13.3. The Morgan fingerprint density at radius 2 is 1.62 bits per heavy atom. The van der Waals surface area contributed by atoms with Gasteiger partial charge in [-0.15, -0.1) is 0 Å². The van der Waals surface area contributed by atoms with Crippen LogP contribution >= 0.6 is 0 Å². The van der Waals surface area contributed by atoms with Gasteiger partial charge in [0, 0.05) is 12.1 Å². The standard InChI is InChI=1S/C25H34N2O2/c1-17-12-13-21(14-19(17)3)15-23(28)27(16-22-11-9-8-10-18(22)2)20(4)24(29)26-25(5,6)7/h8-14,20H,15-16H2,1-7H3,(H,26,29). The van der Waals surface area contributed by atoms with Crippen molar-refractivity contribution in [3.05, 3.63) is 70.3 Å². The minimum Gasteiger partial charge on any atom is -0.350 e. The molecule has 0 saturated carbocycles. The number of nitrogens with one attached hydrogen (secondary N) is 1. The van der Waals surface area contributed by atoms with Crippen molar-refractivity contribution >= 4 is 11.8 Å². The molecule has 4 nitrogen and oxygen atoms in total. The van der Waals surface area contributed by atoms with Gasteiger partial charge in [0.05, 0.1) is 6.42 Å². The second-order valence-corrected chi connectivity index (χ2v) is 8.96. The lowest BCUT2D eigenvalue weighted by Crippen LogP contribution is -2.52. The number of hydrogen-bond acceptors (Lipinski definition) is 2. The molecule has 0 fully saturated rings. The van der Waals surface area contributed by atoms with E-state index in [4.69, 9.17) is 0 Å². The first kappa shape index (κ1) is 22.7. The molecule has 0 saturated heterocycles. The van der Waals surface area contributed by atoms with Crippen LogP contribution in [0.1, 0.15) is 55.5 Å². The van der Waals surface area contributed by atoms with Crippen molar-refractivity contribution < 1.29 is 9.59 Å². The van der Waals surface area contributed by atoms with E-state index < -0.39 is 6.04 Å². The number of benzene rings is 2. The van der Waals surface area contributed by atoms with Crippen LogP contribution in [0.3, 0.4) is 0 Å². The summed E-state index contributed by atoms with van der Waals surface area (Å²) in [6.07, 6.45) is 0.278. The maximum atomic E-state index is 13.3. The first-order valence-electron chi connectivity index (χ1n) is 10.2. The van der Waals surface area contributed by atoms with Crippen LogP contribution in [0.2, 0.25) is 0 Å². The van der Waals surface area contributed by atoms with Crippen molar-refractivity contribution in [3.63, 3.8) is 0 Å². The van der Waals surface area contributed by atoms with Gasteiger partial charge in [-0.1, -0.05) is 42.5 Å². The largest absolute Gasteiger partial charge is 0.350 e. The molecule has 1 atom stereocenters. The summed E-state index contributed by atoms with van der Waals surface area (Å²) >= 11 is 0. The molecule has 4 heteroatoms. The van der Waals surface area contributed by atoms with Crippen LogP contribution in [-0.2, 0) is 22.6 Å². The van der Waals surface area contributed by atoms with E-state index in [0.717, 1.165) is 16.7 Å². The van der Waals surface area contributed by atoms with Crippen molar-refractivity contribution in [1.29, 1.82) is 0 Å². The Hall–Kier alpha value is -2.62. The SMILES string of the molecule is Cc1ccc(CC(=O)N(Cc2ccccc2C)C(C)C(=O)NC(C)(C)C)cc1C. The first-order chi connectivity index (χ1) is 13.5. The molecule has 1 N–H and O–H groups in total. The molecule has 156 valence electrons. The Kier molecular flexibility index (Phi) is 7.23. The highest BCUT2D eigenvalue weighted by Gasteiger charge is 2.28. The minimum atomic E-state index is -0.562. The zero-order valence-electron chi connectivity index (χ0n) is 18.8. The number of hydrogen-bond donors (Lipinski definition) is 1. The minimum absolute atomic E-state index is 0.0481. The molecule has 2 aromatic carbocycles. The van der Waals surface area contributed by atoms with Crippen molar-refractivity contribution in [2.24, 2.45) is 0 Å². The van der Waals surface area contributed by atoms with Gasteiger partial charge in [0.15, 0.2) is 0 Å². The number of aryl methyl sites for hydroxylation is 3. The van der Waals surface area contributed by atoms with Gasteiger partial charge in [0.25, 0.3) is 0 Å². The second kappa shape index (κ2) is 9.25. The Morgan fingerprint density at radius 3 is 2.21 bits per heavy atom. The highest BCUT2D eigenvalue weighted by molar-refractivity contribution is 5.88. The Balaban J connectivity index is 2.29. The van der Waals surface area contributed by atoms with Crippen LogP contribution in [-0.4, -0.2) is 28.3 Å². The van der Waals surface area contributed by atoms with Gasteiger partial charge in [0.1, 0.15) is 6.04 Å². The normalized spacial score (nSPS) is 12.4. The average molecular weight is 395 g/mol. The number of carbonyl (C=O) groups is 2. The predicted molar refractivity (Wildman–Crippen MR) is 119 cm³/mol. The molecule has 1 unspecified atom stereocenters. The Morgan fingerprint density at radius 1 is 0.966 bits per heavy atom. The van der Waals surface area contributed by atoms with E-state index in [1.165, 1.54) is 11.1 Å². The summed E-state index contributed by atoms with van der Waals surface area (Å²) in [5.41, 5.74) is 5.15. The molecular formula is C25H34N2O2. The fourth-order valence-electron chi connectivity index (χ4n) is 3.22. The quantitative estimate of drug-likeness (QED) is 0.785. The predicted octanol–water partition coefficient (Wildman–Crippen LogP) is 4.49. The molecule has 0 aliphatic heterocycles. The van der Waals surface area contributed by atoms with Gasteiger partial charge >= 0.3 is 0 Å². The van der Waals surface area contributed by atoms with Crippen LogP contribution in [0.25, 0.3) is 0 Å². The summed E-state index contributed by atoms with van der Waals surface area (Å²) in [6.45, 7) is 14.2. The third-order valence-electron chi connectivity index (χ3n) is 5.19. The smallest absolute Gasteiger partial charge is 0.242 e. The molecule has 0 aromatic heterocycles. The number of carbonyl (C=O) groups excluding carboxylic acids is 2. The maximum Gasteiger partial charge on any atom is 0.242 e. The van der Waals surface area contributed by atoms with Crippen LogP contribution in [0, 0.1) is 20.8 Å². The van der Waals surface area contributed by atoms with Gasteiger partial charge in [-0.2, -0.15) is 0 Å².